The van der Waals surface area contributed by atoms with Crippen LogP contribution in [0, 0.1) is 0 Å². The van der Waals surface area contributed by atoms with E-state index in [9.17, 15) is 9.59 Å². The smallest absolute Gasteiger partial charge is 0.292 e. The van der Waals surface area contributed by atoms with Crippen LogP contribution in [0.15, 0.2) is 88.8 Å². The average Bonchev–Trinajstić information content (AvgIpc) is 2.88. The van der Waals surface area contributed by atoms with Crippen molar-refractivity contribution < 1.29 is 9.53 Å². The summed E-state index contributed by atoms with van der Waals surface area (Å²) >= 11 is 0. The minimum Gasteiger partial charge on any atom is -0.489 e. The molecule has 7 heteroatoms. The highest BCUT2D eigenvalue weighted by Gasteiger charge is 2.16. The third-order valence-electron chi connectivity index (χ3n) is 5.31. The average molecular weight is 455 g/mol. The van der Waals surface area contributed by atoms with Gasteiger partial charge in [-0.25, -0.2) is 10.1 Å². The van der Waals surface area contributed by atoms with Gasteiger partial charge >= 0.3 is 0 Å². The number of carbonyl (C=O) groups is 1. The van der Waals surface area contributed by atoms with Crippen LogP contribution in [0.4, 0.5) is 0 Å². The van der Waals surface area contributed by atoms with Gasteiger partial charge in [-0.2, -0.15) is 10.2 Å². The maximum absolute atomic E-state index is 12.8. The number of rotatable bonds is 9. The molecular formula is C27H26N4O3. The molecule has 0 aliphatic rings. The fourth-order valence-electron chi connectivity index (χ4n) is 3.47. The van der Waals surface area contributed by atoms with Gasteiger partial charge in [0.25, 0.3) is 11.5 Å². The van der Waals surface area contributed by atoms with Crippen molar-refractivity contribution in [1.29, 1.82) is 0 Å². The molecule has 0 saturated heterocycles. The number of nitrogens with zero attached hydrogens (tertiary/aromatic N) is 3. The number of aryl methyl sites for hydroxylation is 1. The molecule has 0 atom stereocenters. The van der Waals surface area contributed by atoms with Gasteiger partial charge in [0.1, 0.15) is 12.4 Å². The molecule has 4 aromatic rings. The summed E-state index contributed by atoms with van der Waals surface area (Å²) in [6, 6.07) is 24.4. The van der Waals surface area contributed by atoms with Crippen molar-refractivity contribution in [3.8, 4) is 5.75 Å². The number of hydrogen-bond acceptors (Lipinski definition) is 5. The van der Waals surface area contributed by atoms with E-state index in [-0.39, 0.29) is 11.3 Å². The Hall–Kier alpha value is -4.26. The molecule has 0 fully saturated rings. The molecule has 1 N–H and O–H groups in total. The Morgan fingerprint density at radius 2 is 1.71 bits per heavy atom. The van der Waals surface area contributed by atoms with E-state index in [1.165, 1.54) is 4.68 Å². The number of ether oxygens (including phenoxy) is 1. The molecule has 1 amide bonds. The molecule has 172 valence electrons. The van der Waals surface area contributed by atoms with Gasteiger partial charge in [-0.15, -0.1) is 0 Å². The highest BCUT2D eigenvalue weighted by molar-refractivity contribution is 6.04. The van der Waals surface area contributed by atoms with Gasteiger partial charge in [0, 0.05) is 11.9 Å². The molecule has 0 aliphatic heterocycles. The predicted molar refractivity (Wildman–Crippen MR) is 133 cm³/mol. The second kappa shape index (κ2) is 11.0. The van der Waals surface area contributed by atoms with Gasteiger partial charge in [0.15, 0.2) is 5.69 Å². The molecule has 34 heavy (non-hydrogen) atoms. The topological polar surface area (TPSA) is 85.6 Å². The first-order valence-corrected chi connectivity index (χ1v) is 11.3. The molecule has 0 aliphatic carbocycles. The van der Waals surface area contributed by atoms with Crippen molar-refractivity contribution in [3.05, 3.63) is 106 Å². The van der Waals surface area contributed by atoms with Gasteiger partial charge < -0.3 is 4.74 Å². The lowest BCUT2D eigenvalue weighted by Gasteiger charge is -2.09. The molecule has 0 unspecified atom stereocenters. The second-order valence-electron chi connectivity index (χ2n) is 7.82. The minimum absolute atomic E-state index is 0.174. The predicted octanol–water partition coefficient (Wildman–Crippen LogP) is 4.54. The summed E-state index contributed by atoms with van der Waals surface area (Å²) in [5.41, 5.74) is 4.40. The third kappa shape index (κ3) is 5.56. The van der Waals surface area contributed by atoms with Crippen molar-refractivity contribution >= 4 is 22.9 Å². The zero-order chi connectivity index (χ0) is 23.8. The minimum atomic E-state index is -0.472. The molecule has 3 aromatic carbocycles. The Morgan fingerprint density at radius 3 is 2.44 bits per heavy atom. The van der Waals surface area contributed by atoms with Crippen LogP contribution in [-0.4, -0.2) is 21.9 Å². The third-order valence-corrected chi connectivity index (χ3v) is 5.31. The van der Waals surface area contributed by atoms with Crippen LogP contribution in [-0.2, 0) is 13.2 Å². The quantitative estimate of drug-likeness (QED) is 0.297. The van der Waals surface area contributed by atoms with Gasteiger partial charge in [-0.05, 0) is 47.9 Å². The fourth-order valence-corrected chi connectivity index (χ4v) is 3.47. The number of nitrogens with one attached hydrogen (secondary N) is 1. The Labute approximate surface area is 197 Å². The maximum Gasteiger partial charge on any atom is 0.292 e. The number of hydrogen-bond donors (Lipinski definition) is 1. The molecule has 0 spiro atoms. The van der Waals surface area contributed by atoms with E-state index in [4.69, 9.17) is 4.74 Å². The molecule has 1 aromatic heterocycles. The first kappa shape index (κ1) is 22.9. The van der Waals surface area contributed by atoms with Crippen LogP contribution in [0.1, 0.15) is 41.4 Å². The van der Waals surface area contributed by atoms with Crippen molar-refractivity contribution in [2.24, 2.45) is 5.10 Å². The van der Waals surface area contributed by atoms with Gasteiger partial charge in [0.2, 0.25) is 0 Å². The molecule has 0 saturated carbocycles. The number of carbonyl (C=O) groups excluding carboxylic acids is 1. The van der Waals surface area contributed by atoms with Crippen molar-refractivity contribution in [3.63, 3.8) is 0 Å². The van der Waals surface area contributed by atoms with Crippen LogP contribution < -0.4 is 15.7 Å². The van der Waals surface area contributed by atoms with Gasteiger partial charge in [-0.3, -0.25) is 9.59 Å². The van der Waals surface area contributed by atoms with Crippen LogP contribution in [0.5, 0.6) is 5.75 Å². The molecule has 7 nitrogen and oxygen atoms in total. The highest BCUT2D eigenvalue weighted by Crippen LogP contribution is 2.15. The lowest BCUT2D eigenvalue weighted by molar-refractivity contribution is 0.0949. The molecule has 0 bridgehead atoms. The van der Waals surface area contributed by atoms with Crippen LogP contribution in [0.3, 0.4) is 0 Å². The number of amides is 1. The Kier molecular flexibility index (Phi) is 7.45. The van der Waals surface area contributed by atoms with Crippen molar-refractivity contribution in [2.75, 3.05) is 0 Å². The van der Waals surface area contributed by atoms with Crippen LogP contribution in [0.25, 0.3) is 10.8 Å². The fraction of sp³-hybridized carbons (Fsp3) is 0.185. The number of aromatic nitrogens is 2. The summed E-state index contributed by atoms with van der Waals surface area (Å²) in [6.07, 6.45) is 3.27. The van der Waals surface area contributed by atoms with Crippen LogP contribution in [0.2, 0.25) is 0 Å². The van der Waals surface area contributed by atoms with E-state index in [1.807, 2.05) is 61.5 Å². The van der Waals surface area contributed by atoms with Crippen molar-refractivity contribution in [1.82, 2.24) is 15.2 Å². The van der Waals surface area contributed by atoms with E-state index in [2.05, 4.69) is 15.6 Å². The first-order valence-electron chi connectivity index (χ1n) is 11.3. The zero-order valence-corrected chi connectivity index (χ0v) is 19.0. The number of fused-ring (bicyclic) bond motifs is 1. The maximum atomic E-state index is 12.8. The summed E-state index contributed by atoms with van der Waals surface area (Å²) < 4.78 is 7.15. The Morgan fingerprint density at radius 1 is 1.00 bits per heavy atom. The van der Waals surface area contributed by atoms with E-state index in [0.717, 1.165) is 29.7 Å². The van der Waals surface area contributed by atoms with E-state index >= 15 is 0 Å². The second-order valence-corrected chi connectivity index (χ2v) is 7.82. The summed E-state index contributed by atoms with van der Waals surface area (Å²) in [6.45, 7) is 2.99. The SMILES string of the molecule is CCCCn1nc(C(=O)N/N=C/c2ccc(OCc3ccccc3)cc2)c2ccccc2c1=O. The van der Waals surface area contributed by atoms with Crippen molar-refractivity contribution in [2.45, 2.75) is 32.9 Å². The van der Waals surface area contributed by atoms with Gasteiger partial charge in [0.05, 0.1) is 11.6 Å². The standard InChI is InChI=1S/C27H26N4O3/c1-2-3-17-31-27(33)24-12-8-7-11-23(24)25(30-31)26(32)29-28-18-20-13-15-22(16-14-20)34-19-21-9-5-4-6-10-21/h4-16,18H,2-3,17,19H2,1H3,(H,29,32)/b28-18+. The summed E-state index contributed by atoms with van der Waals surface area (Å²) in [7, 11) is 0. The molecular weight excluding hydrogens is 428 g/mol. The Balaban J connectivity index is 1.43. The zero-order valence-electron chi connectivity index (χ0n) is 19.0. The molecule has 4 rings (SSSR count). The molecule has 0 radical (unpaired) electrons. The number of benzene rings is 3. The monoisotopic (exact) mass is 454 g/mol. The van der Waals surface area contributed by atoms with E-state index in [0.29, 0.717) is 23.9 Å². The van der Waals surface area contributed by atoms with E-state index in [1.54, 1.807) is 30.5 Å². The summed E-state index contributed by atoms with van der Waals surface area (Å²) in [5, 5.41) is 9.37. The highest BCUT2D eigenvalue weighted by atomic mass is 16.5. The number of hydrazone groups is 1. The summed E-state index contributed by atoms with van der Waals surface area (Å²) in [4.78, 5) is 25.5. The van der Waals surface area contributed by atoms with Gasteiger partial charge in [-0.1, -0.05) is 61.9 Å². The normalized spacial score (nSPS) is 11.1. The number of unbranched alkanes of at least 4 members (excludes halogenated alkanes) is 1. The summed E-state index contributed by atoms with van der Waals surface area (Å²) in [5.74, 6) is 0.274. The van der Waals surface area contributed by atoms with Crippen LogP contribution >= 0.6 is 0 Å². The van der Waals surface area contributed by atoms with E-state index < -0.39 is 5.91 Å². The first-order chi connectivity index (χ1) is 16.7. The lowest BCUT2D eigenvalue weighted by atomic mass is 10.1. The lowest BCUT2D eigenvalue weighted by Crippen LogP contribution is -2.29. The Bertz CT molecular complexity index is 1350. The largest absolute Gasteiger partial charge is 0.489 e. The molecule has 1 heterocycles.